The monoisotopic (exact) mass is 358 g/mol. The van der Waals surface area contributed by atoms with Crippen molar-refractivity contribution in [2.45, 2.75) is 6.54 Å². The summed E-state index contributed by atoms with van der Waals surface area (Å²) in [5.41, 5.74) is 2.98. The van der Waals surface area contributed by atoms with E-state index in [1.54, 1.807) is 6.20 Å². The summed E-state index contributed by atoms with van der Waals surface area (Å²) in [6.45, 7) is 0.511. The van der Waals surface area contributed by atoms with E-state index in [4.69, 9.17) is 0 Å². The largest absolute Gasteiger partial charge is 0.365 e. The molecule has 3 rings (SSSR count). The van der Waals surface area contributed by atoms with Gasteiger partial charge in [-0.3, -0.25) is 4.98 Å². The van der Waals surface area contributed by atoms with Crippen LogP contribution in [0.25, 0.3) is 11.3 Å². The SMILES string of the molecule is Fc1ncnc(NCc2ccnc(-c3ccccc3)c2)c1Br. The molecule has 1 N–H and O–H groups in total. The van der Waals surface area contributed by atoms with Gasteiger partial charge in [0.15, 0.2) is 0 Å². The molecule has 2 aromatic heterocycles. The molecule has 0 spiro atoms. The lowest BCUT2D eigenvalue weighted by atomic mass is 10.1. The first-order valence-electron chi connectivity index (χ1n) is 6.64. The van der Waals surface area contributed by atoms with Crippen LogP contribution in [-0.4, -0.2) is 15.0 Å². The first-order chi connectivity index (χ1) is 10.7. The fraction of sp³-hybridized carbons (Fsp3) is 0.0625. The minimum atomic E-state index is -0.586. The summed E-state index contributed by atoms with van der Waals surface area (Å²) in [5, 5.41) is 3.08. The van der Waals surface area contributed by atoms with Gasteiger partial charge in [0, 0.05) is 18.3 Å². The van der Waals surface area contributed by atoms with E-state index in [1.165, 1.54) is 6.33 Å². The van der Waals surface area contributed by atoms with Gasteiger partial charge in [0.2, 0.25) is 5.95 Å². The summed E-state index contributed by atoms with van der Waals surface area (Å²) in [6.07, 6.45) is 2.94. The van der Waals surface area contributed by atoms with Crippen LogP contribution in [0.2, 0.25) is 0 Å². The van der Waals surface area contributed by atoms with Crippen LogP contribution in [0.1, 0.15) is 5.56 Å². The number of nitrogens with zero attached hydrogens (tertiary/aromatic N) is 3. The summed E-state index contributed by atoms with van der Waals surface area (Å²) >= 11 is 3.13. The molecule has 0 saturated heterocycles. The molecule has 0 aliphatic heterocycles. The average Bonchev–Trinajstić information content (AvgIpc) is 2.57. The smallest absolute Gasteiger partial charge is 0.232 e. The Morgan fingerprint density at radius 3 is 2.68 bits per heavy atom. The second-order valence-corrected chi connectivity index (χ2v) is 5.39. The Hall–Kier alpha value is -2.34. The topological polar surface area (TPSA) is 50.7 Å². The predicted octanol–water partition coefficient (Wildman–Crippen LogP) is 4.05. The van der Waals surface area contributed by atoms with Crippen molar-refractivity contribution in [3.05, 3.63) is 71.0 Å². The van der Waals surface area contributed by atoms with Gasteiger partial charge in [0.1, 0.15) is 16.6 Å². The molecule has 3 aromatic rings. The molecule has 0 aliphatic carbocycles. The number of hydrogen-bond donors (Lipinski definition) is 1. The Balaban J connectivity index is 1.78. The molecular formula is C16H12BrFN4. The van der Waals surface area contributed by atoms with Crippen molar-refractivity contribution >= 4 is 21.7 Å². The van der Waals surface area contributed by atoms with Crippen LogP contribution in [0, 0.1) is 5.95 Å². The van der Waals surface area contributed by atoms with E-state index in [9.17, 15) is 4.39 Å². The highest BCUT2D eigenvalue weighted by atomic mass is 79.9. The molecule has 6 heteroatoms. The number of halogens is 2. The number of hydrogen-bond acceptors (Lipinski definition) is 4. The van der Waals surface area contributed by atoms with E-state index >= 15 is 0 Å². The van der Waals surface area contributed by atoms with Crippen molar-refractivity contribution in [3.8, 4) is 11.3 Å². The molecule has 2 heterocycles. The van der Waals surface area contributed by atoms with Crippen molar-refractivity contribution in [2.24, 2.45) is 0 Å². The molecule has 0 fully saturated rings. The lowest BCUT2D eigenvalue weighted by Gasteiger charge is -2.08. The predicted molar refractivity (Wildman–Crippen MR) is 86.7 cm³/mol. The summed E-state index contributed by atoms with van der Waals surface area (Å²) in [5.74, 6) is -0.164. The summed E-state index contributed by atoms with van der Waals surface area (Å²) < 4.78 is 13.6. The Morgan fingerprint density at radius 2 is 1.86 bits per heavy atom. The van der Waals surface area contributed by atoms with Crippen LogP contribution in [0.5, 0.6) is 0 Å². The molecule has 22 heavy (non-hydrogen) atoms. The molecule has 0 aliphatic rings. The summed E-state index contributed by atoms with van der Waals surface area (Å²) in [7, 11) is 0. The minimum absolute atomic E-state index is 0.229. The minimum Gasteiger partial charge on any atom is -0.365 e. The molecule has 0 bridgehead atoms. The fourth-order valence-electron chi connectivity index (χ4n) is 2.01. The molecule has 0 saturated carbocycles. The van der Waals surface area contributed by atoms with Gasteiger partial charge in [-0.2, -0.15) is 4.39 Å². The van der Waals surface area contributed by atoms with E-state index in [0.29, 0.717) is 12.4 Å². The average molecular weight is 359 g/mol. The number of rotatable bonds is 4. The van der Waals surface area contributed by atoms with Crippen LogP contribution in [0.15, 0.2) is 59.5 Å². The molecular weight excluding hydrogens is 347 g/mol. The normalized spacial score (nSPS) is 10.5. The van der Waals surface area contributed by atoms with Gasteiger partial charge in [-0.15, -0.1) is 0 Å². The van der Waals surface area contributed by atoms with Crippen molar-refractivity contribution in [1.29, 1.82) is 0 Å². The van der Waals surface area contributed by atoms with E-state index in [0.717, 1.165) is 16.8 Å². The van der Waals surface area contributed by atoms with E-state index in [1.807, 2.05) is 42.5 Å². The molecule has 1 aromatic carbocycles. The Bertz CT molecular complexity index is 780. The maximum atomic E-state index is 13.3. The third-order valence-electron chi connectivity index (χ3n) is 3.10. The Kier molecular flexibility index (Phi) is 4.39. The first-order valence-corrected chi connectivity index (χ1v) is 7.43. The molecule has 0 unspecified atom stereocenters. The second kappa shape index (κ2) is 6.62. The Morgan fingerprint density at radius 1 is 1.05 bits per heavy atom. The number of pyridine rings is 1. The van der Waals surface area contributed by atoms with Crippen LogP contribution in [-0.2, 0) is 6.54 Å². The summed E-state index contributed by atoms with van der Waals surface area (Å²) in [4.78, 5) is 11.9. The van der Waals surface area contributed by atoms with Crippen molar-refractivity contribution < 1.29 is 4.39 Å². The van der Waals surface area contributed by atoms with Gasteiger partial charge in [-0.1, -0.05) is 30.3 Å². The van der Waals surface area contributed by atoms with E-state index in [2.05, 4.69) is 36.2 Å². The first kappa shape index (κ1) is 14.6. The van der Waals surface area contributed by atoms with Crippen molar-refractivity contribution in [2.75, 3.05) is 5.32 Å². The third kappa shape index (κ3) is 3.28. The van der Waals surface area contributed by atoms with Gasteiger partial charge in [-0.05, 0) is 33.6 Å². The van der Waals surface area contributed by atoms with Crippen LogP contribution < -0.4 is 5.32 Å². The lowest BCUT2D eigenvalue weighted by molar-refractivity contribution is 0.573. The molecule has 0 amide bonds. The third-order valence-corrected chi connectivity index (χ3v) is 3.80. The van der Waals surface area contributed by atoms with Crippen molar-refractivity contribution in [3.63, 3.8) is 0 Å². The maximum absolute atomic E-state index is 13.3. The zero-order valence-electron chi connectivity index (χ0n) is 11.5. The van der Waals surface area contributed by atoms with Crippen LogP contribution in [0.4, 0.5) is 10.2 Å². The highest BCUT2D eigenvalue weighted by Gasteiger charge is 2.08. The van der Waals surface area contributed by atoms with Gasteiger partial charge in [-0.25, -0.2) is 9.97 Å². The number of nitrogens with one attached hydrogen (secondary N) is 1. The molecule has 110 valence electrons. The van der Waals surface area contributed by atoms with Gasteiger partial charge in [0.25, 0.3) is 0 Å². The number of anilines is 1. The van der Waals surface area contributed by atoms with E-state index in [-0.39, 0.29) is 4.47 Å². The quantitative estimate of drug-likeness (QED) is 0.714. The van der Waals surface area contributed by atoms with E-state index < -0.39 is 5.95 Å². The van der Waals surface area contributed by atoms with Gasteiger partial charge >= 0.3 is 0 Å². The number of benzene rings is 1. The van der Waals surface area contributed by atoms with Crippen LogP contribution in [0.3, 0.4) is 0 Å². The van der Waals surface area contributed by atoms with Crippen molar-refractivity contribution in [1.82, 2.24) is 15.0 Å². The number of aromatic nitrogens is 3. The highest BCUT2D eigenvalue weighted by molar-refractivity contribution is 9.10. The zero-order valence-corrected chi connectivity index (χ0v) is 13.1. The molecule has 0 radical (unpaired) electrons. The van der Waals surface area contributed by atoms with Gasteiger partial charge in [0.05, 0.1) is 5.69 Å². The fourth-order valence-corrected chi connectivity index (χ4v) is 2.35. The Labute approximate surface area is 135 Å². The molecule has 4 nitrogen and oxygen atoms in total. The van der Waals surface area contributed by atoms with Crippen LogP contribution >= 0.6 is 15.9 Å². The standard InChI is InChI=1S/C16H12BrFN4/c17-14-15(18)21-10-22-16(14)20-9-11-6-7-19-13(8-11)12-4-2-1-3-5-12/h1-8,10H,9H2,(H,20,21,22). The zero-order chi connectivity index (χ0) is 15.4. The molecule has 0 atom stereocenters. The lowest BCUT2D eigenvalue weighted by Crippen LogP contribution is -2.04. The van der Waals surface area contributed by atoms with Gasteiger partial charge < -0.3 is 5.32 Å². The highest BCUT2D eigenvalue weighted by Crippen LogP contribution is 2.22. The summed E-state index contributed by atoms with van der Waals surface area (Å²) in [6, 6.07) is 13.8. The maximum Gasteiger partial charge on any atom is 0.232 e. The second-order valence-electron chi connectivity index (χ2n) is 4.60.